The van der Waals surface area contributed by atoms with Crippen molar-refractivity contribution in [1.82, 2.24) is 9.97 Å². The highest BCUT2D eigenvalue weighted by Gasteiger charge is 2.21. The second-order valence-electron chi connectivity index (χ2n) is 4.28. The number of benzene rings is 1. The molecule has 110 valence electrons. The Morgan fingerprint density at radius 2 is 2.14 bits per heavy atom. The van der Waals surface area contributed by atoms with Crippen molar-refractivity contribution in [2.24, 2.45) is 5.84 Å². The predicted molar refractivity (Wildman–Crippen MR) is 72.4 cm³/mol. The summed E-state index contributed by atoms with van der Waals surface area (Å²) < 4.78 is 18.9. The minimum absolute atomic E-state index is 0.0705. The van der Waals surface area contributed by atoms with E-state index in [4.69, 9.17) is 10.6 Å². The van der Waals surface area contributed by atoms with E-state index in [1.807, 2.05) is 0 Å². The van der Waals surface area contributed by atoms with Gasteiger partial charge in [-0.3, -0.25) is 15.5 Å². The molecule has 0 aliphatic heterocycles. The molecule has 0 amide bonds. The molecule has 1 heterocycles. The molecule has 0 atom stereocenters. The van der Waals surface area contributed by atoms with Gasteiger partial charge in [0.05, 0.1) is 11.1 Å². The van der Waals surface area contributed by atoms with Crippen LogP contribution in [-0.4, -0.2) is 14.9 Å². The van der Waals surface area contributed by atoms with Crippen LogP contribution in [0.1, 0.15) is 11.1 Å². The molecule has 0 aliphatic carbocycles. The fraction of sp³-hybridized carbons (Fsp3) is 0.167. The minimum atomic E-state index is -0.858. The van der Waals surface area contributed by atoms with Gasteiger partial charge in [0, 0.05) is 6.07 Å². The maximum Gasteiger partial charge on any atom is 0.312 e. The number of aromatic nitrogens is 2. The summed E-state index contributed by atoms with van der Waals surface area (Å²) in [5, 5.41) is 11.1. The van der Waals surface area contributed by atoms with E-state index in [9.17, 15) is 14.5 Å². The lowest BCUT2D eigenvalue weighted by Crippen LogP contribution is -2.11. The van der Waals surface area contributed by atoms with Crippen molar-refractivity contribution in [3.05, 3.63) is 45.4 Å². The summed E-state index contributed by atoms with van der Waals surface area (Å²) in [4.78, 5) is 17.7. The van der Waals surface area contributed by atoms with Crippen molar-refractivity contribution in [2.75, 3.05) is 5.43 Å². The summed E-state index contributed by atoms with van der Waals surface area (Å²) in [6.45, 7) is 3.34. The lowest BCUT2D eigenvalue weighted by molar-refractivity contribution is -0.385. The van der Waals surface area contributed by atoms with Gasteiger partial charge in [-0.25, -0.2) is 10.8 Å². The molecular formula is C12H12FN5O3. The number of anilines is 1. The summed E-state index contributed by atoms with van der Waals surface area (Å²) in [6.07, 6.45) is 0.854. The van der Waals surface area contributed by atoms with Gasteiger partial charge in [0.15, 0.2) is 0 Å². The fourth-order valence-corrected chi connectivity index (χ4v) is 1.79. The zero-order valence-corrected chi connectivity index (χ0v) is 11.3. The van der Waals surface area contributed by atoms with E-state index in [1.165, 1.54) is 6.07 Å². The smallest absolute Gasteiger partial charge is 0.312 e. The molecule has 0 aliphatic rings. The minimum Gasteiger partial charge on any atom is -0.429 e. The summed E-state index contributed by atoms with van der Waals surface area (Å²) in [6, 6.07) is 3.02. The number of halogens is 1. The molecule has 3 N–H and O–H groups in total. The highest BCUT2D eigenvalue weighted by atomic mass is 19.1. The van der Waals surface area contributed by atoms with E-state index in [0.29, 0.717) is 11.1 Å². The molecule has 21 heavy (non-hydrogen) atoms. The first-order valence-electron chi connectivity index (χ1n) is 5.85. The van der Waals surface area contributed by atoms with Gasteiger partial charge in [-0.05, 0) is 25.0 Å². The Morgan fingerprint density at radius 1 is 1.43 bits per heavy atom. The van der Waals surface area contributed by atoms with Crippen molar-refractivity contribution in [2.45, 2.75) is 13.8 Å². The van der Waals surface area contributed by atoms with E-state index < -0.39 is 16.6 Å². The number of nitrogens with one attached hydrogen (secondary N) is 1. The third-order valence-corrected chi connectivity index (χ3v) is 2.64. The van der Waals surface area contributed by atoms with E-state index >= 15 is 0 Å². The Hall–Kier alpha value is -2.81. The van der Waals surface area contributed by atoms with E-state index in [2.05, 4.69) is 15.4 Å². The van der Waals surface area contributed by atoms with Crippen LogP contribution in [0.15, 0.2) is 18.3 Å². The number of nitrogen functional groups attached to an aromatic ring is 1. The van der Waals surface area contributed by atoms with Gasteiger partial charge in [-0.2, -0.15) is 9.37 Å². The van der Waals surface area contributed by atoms with Gasteiger partial charge in [0.25, 0.3) is 5.88 Å². The molecular weight excluding hydrogens is 281 g/mol. The molecule has 2 rings (SSSR count). The first kappa shape index (κ1) is 14.6. The number of hydrazine groups is 1. The monoisotopic (exact) mass is 293 g/mol. The molecule has 0 saturated carbocycles. The van der Waals surface area contributed by atoms with Crippen LogP contribution in [0.5, 0.6) is 11.6 Å². The summed E-state index contributed by atoms with van der Waals surface area (Å²) in [5.74, 6) is 3.67. The number of hydrogen-bond donors (Lipinski definition) is 2. The molecule has 0 bridgehead atoms. The molecule has 1 aromatic carbocycles. The van der Waals surface area contributed by atoms with Crippen molar-refractivity contribution < 1.29 is 14.1 Å². The van der Waals surface area contributed by atoms with Crippen LogP contribution in [0, 0.1) is 29.8 Å². The lowest BCUT2D eigenvalue weighted by Gasteiger charge is -2.10. The Morgan fingerprint density at radius 3 is 2.76 bits per heavy atom. The molecule has 0 saturated heterocycles. The van der Waals surface area contributed by atoms with Crippen LogP contribution in [-0.2, 0) is 0 Å². The average molecular weight is 293 g/mol. The SMILES string of the molecule is Cc1cc(C)c(Oc2nc(NN)ncc2F)c([N+](=O)[O-])c1. The van der Waals surface area contributed by atoms with Gasteiger partial charge in [0.2, 0.25) is 17.5 Å². The number of nitro groups is 1. The number of nitro benzene ring substituents is 1. The van der Waals surface area contributed by atoms with E-state index in [-0.39, 0.29) is 17.4 Å². The molecule has 8 nitrogen and oxygen atoms in total. The molecule has 9 heteroatoms. The Kier molecular flexibility index (Phi) is 3.94. The van der Waals surface area contributed by atoms with Gasteiger partial charge in [-0.1, -0.05) is 6.07 Å². The summed E-state index contributed by atoms with van der Waals surface area (Å²) in [5.41, 5.74) is 3.05. The highest BCUT2D eigenvalue weighted by molar-refractivity contribution is 5.55. The van der Waals surface area contributed by atoms with Crippen LogP contribution in [0.4, 0.5) is 16.0 Å². The highest BCUT2D eigenvalue weighted by Crippen LogP contribution is 2.35. The molecule has 0 spiro atoms. The number of nitrogens with two attached hydrogens (primary N) is 1. The first-order chi connectivity index (χ1) is 9.92. The third kappa shape index (κ3) is 3.03. The molecule has 0 radical (unpaired) electrons. The lowest BCUT2D eigenvalue weighted by atomic mass is 10.1. The largest absolute Gasteiger partial charge is 0.429 e. The second-order valence-corrected chi connectivity index (χ2v) is 4.28. The average Bonchev–Trinajstić information content (AvgIpc) is 2.43. The standard InChI is InChI=1S/C12H12FN5O3/c1-6-3-7(2)10(9(4-6)18(19)20)21-11-8(13)5-15-12(16-11)17-14/h3-5H,14H2,1-2H3,(H,15,16,17). The Labute approximate surface area is 118 Å². The number of rotatable bonds is 4. The van der Waals surface area contributed by atoms with Gasteiger partial charge in [0.1, 0.15) is 0 Å². The summed E-state index contributed by atoms with van der Waals surface area (Å²) in [7, 11) is 0. The fourth-order valence-electron chi connectivity index (χ4n) is 1.79. The van der Waals surface area contributed by atoms with E-state index in [0.717, 1.165) is 6.20 Å². The van der Waals surface area contributed by atoms with Crippen LogP contribution in [0.25, 0.3) is 0 Å². The van der Waals surface area contributed by atoms with Crippen LogP contribution < -0.4 is 16.0 Å². The molecule has 0 unspecified atom stereocenters. The normalized spacial score (nSPS) is 10.3. The number of ether oxygens (including phenoxy) is 1. The Bertz CT molecular complexity index is 708. The van der Waals surface area contributed by atoms with E-state index in [1.54, 1.807) is 19.9 Å². The molecule has 1 aromatic heterocycles. The zero-order chi connectivity index (χ0) is 15.6. The van der Waals surface area contributed by atoms with Crippen molar-refractivity contribution in [1.29, 1.82) is 0 Å². The van der Waals surface area contributed by atoms with Crippen LogP contribution >= 0.6 is 0 Å². The van der Waals surface area contributed by atoms with Gasteiger partial charge in [-0.15, -0.1) is 0 Å². The molecule has 2 aromatic rings. The quantitative estimate of drug-likeness (QED) is 0.504. The third-order valence-electron chi connectivity index (χ3n) is 2.64. The zero-order valence-electron chi connectivity index (χ0n) is 11.3. The van der Waals surface area contributed by atoms with Crippen molar-refractivity contribution in [3.63, 3.8) is 0 Å². The number of nitrogens with zero attached hydrogens (tertiary/aromatic N) is 3. The van der Waals surface area contributed by atoms with Crippen molar-refractivity contribution >= 4 is 11.6 Å². The number of aryl methyl sites for hydroxylation is 2. The number of hydrogen-bond acceptors (Lipinski definition) is 7. The second kappa shape index (κ2) is 5.67. The summed E-state index contributed by atoms with van der Waals surface area (Å²) >= 11 is 0. The molecule has 0 fully saturated rings. The van der Waals surface area contributed by atoms with Crippen LogP contribution in [0.2, 0.25) is 0 Å². The Balaban J connectivity index is 2.51. The van der Waals surface area contributed by atoms with Crippen LogP contribution in [0.3, 0.4) is 0 Å². The van der Waals surface area contributed by atoms with Crippen molar-refractivity contribution in [3.8, 4) is 11.6 Å². The first-order valence-corrected chi connectivity index (χ1v) is 5.85. The van der Waals surface area contributed by atoms with Gasteiger partial charge >= 0.3 is 5.69 Å². The topological polar surface area (TPSA) is 116 Å². The van der Waals surface area contributed by atoms with Gasteiger partial charge < -0.3 is 4.74 Å². The maximum absolute atomic E-state index is 13.6. The predicted octanol–water partition coefficient (Wildman–Crippen LogP) is 2.22. The maximum atomic E-state index is 13.6.